The van der Waals surface area contributed by atoms with Gasteiger partial charge in [-0.2, -0.15) is 0 Å². The SMILES string of the molecule is CCCCOC(=O)N1CCN(C(=O)C(CCC(=O)OC(C)(C)C)NC(=O)c2cc(O[C@H](C)C(=O)N3CCCC3c3ccc(F)cc3)c3ccc(C)cc3n2)CC1. The van der Waals surface area contributed by atoms with E-state index in [4.69, 9.17) is 14.2 Å². The number of ether oxygens (including phenoxy) is 3. The van der Waals surface area contributed by atoms with Crippen LogP contribution < -0.4 is 10.1 Å². The summed E-state index contributed by atoms with van der Waals surface area (Å²) < 4.78 is 30.8. The summed E-state index contributed by atoms with van der Waals surface area (Å²) in [5.74, 6) is -1.93. The van der Waals surface area contributed by atoms with E-state index in [0.29, 0.717) is 24.1 Å². The Morgan fingerprint density at radius 3 is 2.32 bits per heavy atom. The molecule has 0 aliphatic carbocycles. The van der Waals surface area contributed by atoms with Gasteiger partial charge >= 0.3 is 12.1 Å². The molecule has 0 bridgehead atoms. The van der Waals surface area contributed by atoms with Crippen molar-refractivity contribution in [1.82, 2.24) is 25.0 Å². The number of fused-ring (bicyclic) bond motifs is 1. The Morgan fingerprint density at radius 2 is 1.64 bits per heavy atom. The molecule has 14 heteroatoms. The molecule has 3 heterocycles. The lowest BCUT2D eigenvalue weighted by Crippen LogP contribution is -2.56. The lowest BCUT2D eigenvalue weighted by molar-refractivity contribution is -0.155. The van der Waals surface area contributed by atoms with Gasteiger partial charge < -0.3 is 34.2 Å². The van der Waals surface area contributed by atoms with Gasteiger partial charge in [0.25, 0.3) is 11.8 Å². The first-order valence-electron chi connectivity index (χ1n) is 19.5. The summed E-state index contributed by atoms with van der Waals surface area (Å²) in [6, 6.07) is 11.8. The van der Waals surface area contributed by atoms with Gasteiger partial charge in [-0.3, -0.25) is 19.2 Å². The summed E-state index contributed by atoms with van der Waals surface area (Å²) in [5, 5.41) is 3.40. The Kier molecular flexibility index (Phi) is 13.9. The van der Waals surface area contributed by atoms with E-state index in [2.05, 4.69) is 10.3 Å². The molecule has 13 nitrogen and oxygen atoms in total. The zero-order valence-electron chi connectivity index (χ0n) is 33.3. The zero-order chi connectivity index (χ0) is 40.6. The number of halogens is 1. The Labute approximate surface area is 327 Å². The third-order valence-corrected chi connectivity index (χ3v) is 9.84. The van der Waals surface area contributed by atoms with Gasteiger partial charge in [0.15, 0.2) is 6.10 Å². The van der Waals surface area contributed by atoms with Crippen LogP contribution in [0.15, 0.2) is 48.5 Å². The molecule has 3 atom stereocenters. The first kappa shape index (κ1) is 41.9. The molecular weight excluding hydrogens is 721 g/mol. The van der Waals surface area contributed by atoms with Crippen molar-refractivity contribution in [3.05, 3.63) is 71.2 Å². The number of unbranched alkanes of at least 4 members (excludes halogenated alkanes) is 1. The number of hydrogen-bond donors (Lipinski definition) is 1. The summed E-state index contributed by atoms with van der Waals surface area (Å²) in [4.78, 5) is 76.6. The number of nitrogens with zero attached hydrogens (tertiary/aromatic N) is 4. The molecule has 4 amide bonds. The van der Waals surface area contributed by atoms with E-state index in [-0.39, 0.29) is 68.2 Å². The van der Waals surface area contributed by atoms with Crippen LogP contribution in [0.4, 0.5) is 9.18 Å². The number of likely N-dealkylation sites (tertiary alicyclic amines) is 1. The number of benzene rings is 2. The molecule has 2 fully saturated rings. The fourth-order valence-corrected chi connectivity index (χ4v) is 6.93. The van der Waals surface area contributed by atoms with Crippen LogP contribution in [-0.2, 0) is 23.9 Å². The van der Waals surface area contributed by atoms with Gasteiger partial charge in [-0.25, -0.2) is 14.2 Å². The van der Waals surface area contributed by atoms with Crippen molar-refractivity contribution in [1.29, 1.82) is 0 Å². The summed E-state index contributed by atoms with van der Waals surface area (Å²) in [6.45, 7) is 12.6. The smallest absolute Gasteiger partial charge is 0.409 e. The molecular formula is C42H54FN5O8. The van der Waals surface area contributed by atoms with Crippen molar-refractivity contribution >= 4 is 40.7 Å². The molecule has 1 N–H and O–H groups in total. The van der Waals surface area contributed by atoms with Crippen LogP contribution in [0, 0.1) is 12.7 Å². The third-order valence-electron chi connectivity index (χ3n) is 9.84. The maximum Gasteiger partial charge on any atom is 0.409 e. The van der Waals surface area contributed by atoms with Crippen LogP contribution in [0.3, 0.4) is 0 Å². The molecule has 0 spiro atoms. The average molecular weight is 776 g/mol. The molecule has 2 aliphatic rings. The van der Waals surface area contributed by atoms with Gasteiger partial charge in [-0.15, -0.1) is 0 Å². The van der Waals surface area contributed by atoms with Gasteiger partial charge in [0.2, 0.25) is 5.91 Å². The highest BCUT2D eigenvalue weighted by molar-refractivity contribution is 5.99. The predicted molar refractivity (Wildman–Crippen MR) is 207 cm³/mol. The highest BCUT2D eigenvalue weighted by Crippen LogP contribution is 2.34. The number of hydrogen-bond acceptors (Lipinski definition) is 9. The molecule has 302 valence electrons. The highest BCUT2D eigenvalue weighted by atomic mass is 19.1. The van der Waals surface area contributed by atoms with Gasteiger partial charge in [-0.1, -0.05) is 31.5 Å². The van der Waals surface area contributed by atoms with Crippen LogP contribution in [0.5, 0.6) is 5.75 Å². The Balaban J connectivity index is 1.35. The minimum Gasteiger partial charge on any atom is -0.480 e. The topological polar surface area (TPSA) is 148 Å². The molecule has 2 aromatic carbocycles. The monoisotopic (exact) mass is 775 g/mol. The first-order valence-corrected chi connectivity index (χ1v) is 19.5. The van der Waals surface area contributed by atoms with Crippen LogP contribution >= 0.6 is 0 Å². The van der Waals surface area contributed by atoms with Crippen molar-refractivity contribution < 1.29 is 42.6 Å². The summed E-state index contributed by atoms with van der Waals surface area (Å²) in [7, 11) is 0. The number of nitrogens with one attached hydrogen (secondary N) is 1. The standard InChI is InChI=1S/C42H54FN5O8/c1-7-8-24-54-41(53)47-22-20-46(21-23-47)40(52)32(17-18-37(49)56-42(4,5)6)45-38(50)34-26-36(31-16-11-27(2)25-33(31)44-34)55-28(3)39(51)48-19-9-10-35(48)29-12-14-30(43)15-13-29/h11-16,25-26,28,32,35H,7-10,17-24H2,1-6H3,(H,45,50)/t28-,32?,35?/m1/s1. The van der Waals surface area contributed by atoms with Crippen LogP contribution in [0.2, 0.25) is 0 Å². The van der Waals surface area contributed by atoms with Crippen molar-refractivity contribution in [2.75, 3.05) is 39.3 Å². The molecule has 0 saturated carbocycles. The number of rotatable bonds is 13. The molecule has 2 saturated heterocycles. The fraction of sp³-hybridized carbons (Fsp3) is 0.524. The summed E-state index contributed by atoms with van der Waals surface area (Å²) in [6.07, 6.45) is 1.64. The molecule has 56 heavy (non-hydrogen) atoms. The number of carbonyl (C=O) groups is 5. The number of pyridine rings is 1. The maximum absolute atomic E-state index is 14.0. The molecule has 2 unspecified atom stereocenters. The van der Waals surface area contributed by atoms with Gasteiger partial charge in [0.1, 0.15) is 28.9 Å². The molecule has 2 aliphatic heterocycles. The van der Waals surface area contributed by atoms with Crippen LogP contribution in [0.25, 0.3) is 10.9 Å². The Hall–Kier alpha value is -5.27. The number of carbonyl (C=O) groups excluding carboxylic acids is 5. The highest BCUT2D eigenvalue weighted by Gasteiger charge is 2.35. The quantitative estimate of drug-likeness (QED) is 0.160. The Bertz CT molecular complexity index is 1890. The second-order valence-electron chi connectivity index (χ2n) is 15.5. The maximum atomic E-state index is 14.0. The molecule has 0 radical (unpaired) electrons. The summed E-state index contributed by atoms with van der Waals surface area (Å²) >= 11 is 0. The van der Waals surface area contributed by atoms with E-state index in [0.717, 1.165) is 36.8 Å². The minimum atomic E-state index is -1.11. The number of piperazine rings is 1. The normalized spacial score (nSPS) is 17.0. The van der Waals surface area contributed by atoms with Gasteiger partial charge in [0.05, 0.1) is 18.2 Å². The van der Waals surface area contributed by atoms with E-state index in [1.165, 1.54) is 18.2 Å². The average Bonchev–Trinajstić information content (AvgIpc) is 3.65. The van der Waals surface area contributed by atoms with Crippen molar-refractivity contribution in [3.8, 4) is 5.75 Å². The van der Waals surface area contributed by atoms with Gasteiger partial charge in [-0.05, 0) is 95.7 Å². The largest absolute Gasteiger partial charge is 0.480 e. The number of aromatic nitrogens is 1. The minimum absolute atomic E-state index is 0.0363. The van der Waals surface area contributed by atoms with E-state index < -0.39 is 41.6 Å². The van der Waals surface area contributed by atoms with E-state index in [1.54, 1.807) is 60.6 Å². The van der Waals surface area contributed by atoms with Crippen LogP contribution in [-0.4, -0.2) is 107 Å². The molecule has 1 aromatic heterocycles. The lowest BCUT2D eigenvalue weighted by Gasteiger charge is -2.36. The molecule has 5 rings (SSSR count). The number of amides is 4. The molecule has 3 aromatic rings. The van der Waals surface area contributed by atoms with Crippen LogP contribution in [0.1, 0.15) is 101 Å². The second kappa shape index (κ2) is 18.6. The lowest BCUT2D eigenvalue weighted by atomic mass is 10.0. The third kappa shape index (κ3) is 10.9. The van der Waals surface area contributed by atoms with Crippen molar-refractivity contribution in [2.24, 2.45) is 0 Å². The van der Waals surface area contributed by atoms with Gasteiger partial charge in [0, 0.05) is 50.6 Å². The first-order chi connectivity index (χ1) is 26.6. The van der Waals surface area contributed by atoms with E-state index >= 15 is 0 Å². The fourth-order valence-electron chi connectivity index (χ4n) is 6.93. The predicted octanol–water partition coefficient (Wildman–Crippen LogP) is 6.11. The van der Waals surface area contributed by atoms with Crippen molar-refractivity contribution in [3.63, 3.8) is 0 Å². The van der Waals surface area contributed by atoms with Crippen molar-refractivity contribution in [2.45, 2.75) is 104 Å². The zero-order valence-corrected chi connectivity index (χ0v) is 33.3. The van der Waals surface area contributed by atoms with E-state index in [1.807, 2.05) is 26.0 Å². The van der Waals surface area contributed by atoms with E-state index in [9.17, 15) is 28.4 Å². The number of aryl methyl sites for hydroxylation is 1. The number of esters is 1. The Morgan fingerprint density at radius 1 is 0.946 bits per heavy atom. The summed E-state index contributed by atoms with van der Waals surface area (Å²) in [5.41, 5.74) is 1.40. The second-order valence-corrected chi connectivity index (χ2v) is 15.5.